The molecule has 0 spiro atoms. The molecule has 2 heterocycles. The van der Waals surface area contributed by atoms with Gasteiger partial charge in [0.25, 0.3) is 0 Å². The minimum Gasteiger partial charge on any atom is -0.493 e. The minimum atomic E-state index is 0.423. The van der Waals surface area contributed by atoms with E-state index in [-0.39, 0.29) is 0 Å². The molecule has 0 amide bonds. The molecule has 2 unspecified atom stereocenters. The summed E-state index contributed by atoms with van der Waals surface area (Å²) in [5, 5.41) is 3.52. The average Bonchev–Trinajstić information content (AvgIpc) is 3.23. The molecule has 2 aromatic rings. The standard InChI is InChI=1S/C22H33N5O/c1-17(2)15-28-20-7-5-19(6-8-20)13-25-22(23-4)26-11-9-18(3)21(14-26)27-12-10-24-16-27/h5-8,10,12,16-18,21H,9,11,13-15H2,1-4H3,(H,23,25). The molecule has 28 heavy (non-hydrogen) atoms. The van der Waals surface area contributed by atoms with E-state index in [1.54, 1.807) is 0 Å². The van der Waals surface area contributed by atoms with Crippen LogP contribution in [-0.2, 0) is 6.54 Å². The van der Waals surface area contributed by atoms with Crippen molar-refractivity contribution in [2.45, 2.75) is 39.8 Å². The Labute approximate surface area is 168 Å². The van der Waals surface area contributed by atoms with Gasteiger partial charge in [0.15, 0.2) is 5.96 Å². The molecular weight excluding hydrogens is 350 g/mol. The summed E-state index contributed by atoms with van der Waals surface area (Å²) in [6.45, 7) is 10.1. The maximum atomic E-state index is 5.76. The number of likely N-dealkylation sites (tertiary alicyclic amines) is 1. The zero-order valence-electron chi connectivity index (χ0n) is 17.5. The summed E-state index contributed by atoms with van der Waals surface area (Å²) in [6.07, 6.45) is 6.98. The maximum Gasteiger partial charge on any atom is 0.193 e. The Hall–Kier alpha value is -2.50. The second-order valence-electron chi connectivity index (χ2n) is 8.04. The van der Waals surface area contributed by atoms with Gasteiger partial charge in [-0.2, -0.15) is 0 Å². The van der Waals surface area contributed by atoms with E-state index in [2.05, 4.69) is 63.9 Å². The van der Waals surface area contributed by atoms with Crippen LogP contribution in [0.25, 0.3) is 0 Å². The molecule has 1 saturated heterocycles. The third-order valence-corrected chi connectivity index (χ3v) is 5.30. The fourth-order valence-corrected chi connectivity index (χ4v) is 3.57. The van der Waals surface area contributed by atoms with Crippen LogP contribution < -0.4 is 10.1 Å². The number of aliphatic imine (C=N–C) groups is 1. The summed E-state index contributed by atoms with van der Waals surface area (Å²) in [6, 6.07) is 8.73. The summed E-state index contributed by atoms with van der Waals surface area (Å²) in [5.41, 5.74) is 1.22. The molecule has 1 aromatic carbocycles. The van der Waals surface area contributed by atoms with E-state index >= 15 is 0 Å². The van der Waals surface area contributed by atoms with E-state index in [9.17, 15) is 0 Å². The van der Waals surface area contributed by atoms with Crippen LogP contribution in [0.1, 0.15) is 38.8 Å². The van der Waals surface area contributed by atoms with Crippen molar-refractivity contribution >= 4 is 5.96 Å². The summed E-state index contributed by atoms with van der Waals surface area (Å²) >= 11 is 0. The number of aromatic nitrogens is 2. The zero-order valence-corrected chi connectivity index (χ0v) is 17.5. The number of piperidine rings is 1. The van der Waals surface area contributed by atoms with Crippen LogP contribution in [0.2, 0.25) is 0 Å². The number of nitrogens with zero attached hydrogens (tertiary/aromatic N) is 4. The molecule has 152 valence electrons. The number of ether oxygens (including phenoxy) is 1. The molecule has 6 nitrogen and oxygen atoms in total. The van der Waals surface area contributed by atoms with Gasteiger partial charge in [-0.25, -0.2) is 4.98 Å². The number of imidazole rings is 1. The number of rotatable bonds is 6. The number of benzene rings is 1. The lowest BCUT2D eigenvalue weighted by atomic mass is 9.93. The van der Waals surface area contributed by atoms with Crippen molar-refractivity contribution in [2.24, 2.45) is 16.8 Å². The first-order valence-electron chi connectivity index (χ1n) is 10.2. The SMILES string of the molecule is CN=C(NCc1ccc(OCC(C)C)cc1)N1CCC(C)C(n2ccnc2)C1. The van der Waals surface area contributed by atoms with Gasteiger partial charge in [-0.15, -0.1) is 0 Å². The molecule has 0 saturated carbocycles. The molecule has 3 rings (SSSR count). The van der Waals surface area contributed by atoms with Crippen molar-refractivity contribution in [3.63, 3.8) is 0 Å². The van der Waals surface area contributed by atoms with E-state index in [4.69, 9.17) is 4.74 Å². The molecule has 1 aromatic heterocycles. The van der Waals surface area contributed by atoms with Crippen LogP contribution in [0.3, 0.4) is 0 Å². The van der Waals surface area contributed by atoms with Gasteiger partial charge < -0.3 is 19.5 Å². The lowest BCUT2D eigenvalue weighted by Crippen LogP contribution is -2.48. The van der Waals surface area contributed by atoms with Gasteiger partial charge in [-0.3, -0.25) is 4.99 Å². The molecule has 2 atom stereocenters. The van der Waals surface area contributed by atoms with Crippen molar-refractivity contribution in [2.75, 3.05) is 26.7 Å². The minimum absolute atomic E-state index is 0.423. The van der Waals surface area contributed by atoms with E-state index < -0.39 is 0 Å². The second-order valence-corrected chi connectivity index (χ2v) is 8.04. The highest BCUT2D eigenvalue weighted by Gasteiger charge is 2.28. The van der Waals surface area contributed by atoms with Gasteiger partial charge in [-0.05, 0) is 36.0 Å². The van der Waals surface area contributed by atoms with Crippen LogP contribution in [0.4, 0.5) is 0 Å². The molecule has 1 fully saturated rings. The van der Waals surface area contributed by atoms with Gasteiger partial charge >= 0.3 is 0 Å². The maximum absolute atomic E-state index is 5.76. The van der Waals surface area contributed by atoms with Crippen LogP contribution in [-0.4, -0.2) is 47.2 Å². The highest BCUT2D eigenvalue weighted by molar-refractivity contribution is 5.80. The van der Waals surface area contributed by atoms with E-state index in [0.29, 0.717) is 17.9 Å². The first kappa shape index (κ1) is 20.2. The molecule has 1 aliphatic rings. The summed E-state index contributed by atoms with van der Waals surface area (Å²) in [4.78, 5) is 11.1. The van der Waals surface area contributed by atoms with Gasteiger partial charge in [0.2, 0.25) is 0 Å². The van der Waals surface area contributed by atoms with E-state index in [0.717, 1.165) is 44.4 Å². The Kier molecular flexibility index (Phi) is 6.95. The Morgan fingerprint density at radius 2 is 2.11 bits per heavy atom. The van der Waals surface area contributed by atoms with Gasteiger partial charge in [0.1, 0.15) is 5.75 Å². The van der Waals surface area contributed by atoms with E-state index in [1.165, 1.54) is 5.56 Å². The lowest BCUT2D eigenvalue weighted by molar-refractivity contribution is 0.189. The third-order valence-electron chi connectivity index (χ3n) is 5.30. The third kappa shape index (κ3) is 5.27. The number of guanidine groups is 1. The van der Waals surface area contributed by atoms with Crippen molar-refractivity contribution < 1.29 is 4.74 Å². The van der Waals surface area contributed by atoms with Crippen molar-refractivity contribution in [1.29, 1.82) is 0 Å². The fourth-order valence-electron chi connectivity index (χ4n) is 3.57. The van der Waals surface area contributed by atoms with Crippen LogP contribution >= 0.6 is 0 Å². The summed E-state index contributed by atoms with van der Waals surface area (Å²) in [5.74, 6) is 3.04. The Bertz CT molecular complexity index is 739. The molecule has 0 aliphatic carbocycles. The summed E-state index contributed by atoms with van der Waals surface area (Å²) in [7, 11) is 1.86. The normalized spacial score (nSPS) is 20.5. The van der Waals surface area contributed by atoms with Crippen molar-refractivity contribution in [1.82, 2.24) is 19.8 Å². The first-order chi connectivity index (χ1) is 13.6. The van der Waals surface area contributed by atoms with Gasteiger partial charge in [0, 0.05) is 39.1 Å². The monoisotopic (exact) mass is 383 g/mol. The topological polar surface area (TPSA) is 54.7 Å². The van der Waals surface area contributed by atoms with Gasteiger partial charge in [0.05, 0.1) is 19.0 Å². The largest absolute Gasteiger partial charge is 0.493 e. The number of hydrogen-bond acceptors (Lipinski definition) is 3. The molecule has 0 bridgehead atoms. The highest BCUT2D eigenvalue weighted by Crippen LogP contribution is 2.27. The highest BCUT2D eigenvalue weighted by atomic mass is 16.5. The van der Waals surface area contributed by atoms with Gasteiger partial charge in [-0.1, -0.05) is 32.9 Å². The van der Waals surface area contributed by atoms with Crippen molar-refractivity contribution in [3.05, 3.63) is 48.5 Å². The van der Waals surface area contributed by atoms with Crippen LogP contribution in [0.15, 0.2) is 48.0 Å². The predicted octanol–water partition coefficient (Wildman–Crippen LogP) is 3.58. The van der Waals surface area contributed by atoms with E-state index in [1.807, 2.05) is 31.7 Å². The quantitative estimate of drug-likeness (QED) is 0.612. The molecule has 6 heteroatoms. The fraction of sp³-hybridized carbons (Fsp3) is 0.545. The summed E-state index contributed by atoms with van der Waals surface area (Å²) < 4.78 is 7.98. The molecular formula is C22H33N5O. The second kappa shape index (κ2) is 9.62. The number of hydrogen-bond donors (Lipinski definition) is 1. The van der Waals surface area contributed by atoms with Crippen molar-refractivity contribution in [3.8, 4) is 5.75 Å². The zero-order chi connectivity index (χ0) is 19.9. The lowest BCUT2D eigenvalue weighted by Gasteiger charge is -2.39. The Morgan fingerprint density at radius 1 is 1.32 bits per heavy atom. The van der Waals surface area contributed by atoms with Crippen LogP contribution in [0, 0.1) is 11.8 Å². The molecule has 0 radical (unpaired) electrons. The Balaban J connectivity index is 1.55. The first-order valence-corrected chi connectivity index (χ1v) is 10.2. The predicted molar refractivity (Wildman–Crippen MR) is 114 cm³/mol. The average molecular weight is 384 g/mol. The number of nitrogens with one attached hydrogen (secondary N) is 1. The smallest absolute Gasteiger partial charge is 0.193 e. The Morgan fingerprint density at radius 3 is 2.75 bits per heavy atom. The molecule has 1 aliphatic heterocycles. The van der Waals surface area contributed by atoms with Crippen LogP contribution in [0.5, 0.6) is 5.75 Å². The molecule has 1 N–H and O–H groups in total.